The van der Waals surface area contributed by atoms with Crippen molar-refractivity contribution >= 4 is 47.4 Å². The Hall–Kier alpha value is -5.86. The van der Waals surface area contributed by atoms with E-state index >= 15 is 14.4 Å². The number of ketones is 2. The lowest BCUT2D eigenvalue weighted by Gasteiger charge is -2.67. The summed E-state index contributed by atoms with van der Waals surface area (Å²) in [5.74, 6) is -9.64. The number of esters is 3. The lowest BCUT2D eigenvalue weighted by Crippen LogP contribution is -2.82. The first-order chi connectivity index (χ1) is 33.4. The van der Waals surface area contributed by atoms with Gasteiger partial charge in [-0.1, -0.05) is 69.3 Å². The van der Waals surface area contributed by atoms with E-state index in [0.717, 1.165) is 11.8 Å². The molecule has 3 amide bonds. The number of rotatable bonds is 16. The summed E-state index contributed by atoms with van der Waals surface area (Å²) in [6.07, 6.45) is -6.30. The van der Waals surface area contributed by atoms with E-state index in [1.807, 2.05) is 0 Å². The maximum absolute atomic E-state index is 15.2. The molecule has 0 radical (unpaired) electrons. The summed E-state index contributed by atoms with van der Waals surface area (Å²) in [4.78, 5) is 111. The summed E-state index contributed by atoms with van der Waals surface area (Å²) < 4.78 is 36.7. The fourth-order valence-corrected chi connectivity index (χ4v) is 11.4. The minimum absolute atomic E-state index is 0.0658. The van der Waals surface area contributed by atoms with Gasteiger partial charge in [-0.2, -0.15) is 0 Å². The molecular weight excluding hydrogens is 923 g/mol. The Morgan fingerprint density at radius 2 is 1.55 bits per heavy atom. The molecule has 4 fully saturated rings. The van der Waals surface area contributed by atoms with E-state index in [2.05, 4.69) is 10.6 Å². The number of hydrogen-bond acceptors (Lipinski definition) is 17. The molecule has 2 unspecified atom stereocenters. The number of ether oxygens (including phenoxy) is 6. The van der Waals surface area contributed by atoms with E-state index < -0.39 is 136 Å². The van der Waals surface area contributed by atoms with Crippen LogP contribution < -0.4 is 10.6 Å². The summed E-state index contributed by atoms with van der Waals surface area (Å²) in [5.41, 5.74) is -8.39. The summed E-state index contributed by atoms with van der Waals surface area (Å²) in [6, 6.07) is 15.0. The molecule has 2 heterocycles. The molecule has 2 aromatic rings. The highest BCUT2D eigenvalue weighted by Crippen LogP contribution is 2.64. The van der Waals surface area contributed by atoms with Crippen LogP contribution in [0.4, 0.5) is 4.79 Å². The van der Waals surface area contributed by atoms with Crippen LogP contribution in [0.2, 0.25) is 0 Å². The van der Waals surface area contributed by atoms with Crippen LogP contribution in [0.5, 0.6) is 0 Å². The number of aliphatic hydroxyl groups excluding tert-OH is 1. The number of carbonyl (C=O) groups excluding carboxylic acids is 8. The molecule has 2 bridgehead atoms. The molecule has 19 heteroatoms. The monoisotopic (exact) mass is 987 g/mol. The largest absolute Gasteiger partial charge is 0.460 e. The van der Waals surface area contributed by atoms with Crippen molar-refractivity contribution in [1.29, 1.82) is 0 Å². The van der Waals surface area contributed by atoms with E-state index in [1.165, 1.54) is 31.2 Å². The first-order valence-electron chi connectivity index (χ1n) is 24.0. The number of hydrogen-bond donors (Lipinski definition) is 4. The van der Waals surface area contributed by atoms with E-state index in [9.17, 15) is 34.2 Å². The molecule has 4 N–H and O–H groups in total. The van der Waals surface area contributed by atoms with Crippen LogP contribution in [0.3, 0.4) is 0 Å². The Bertz CT molecular complexity index is 2400. The molecule has 19 nitrogen and oxygen atoms in total. The standard InChI is InChI=1S/C52H65N3O16/c1-29-33(68-46(63)41(66-25-23-53-22-15-24-55-36(58)20-21-37(55)59)39(31-16-11-9-12-17-31)54-47(64)71-48(3,4)5)27-52(65)44(69-45(62)32-18-13-10-14-19-32)42-50(8,43(61)40(60)38(29)49(52,6)7)34(57)26-35-51(42,28-67-35)70-30(2)56/h9-14,16-21,29,33-35,38-39,41-42,44,53,57,65H,15,22-28H2,1-8H3,(H,54,64)/t29?,33-,34-,35+,38?,39-,41+,42-,44-,50+,51-,52+/m0/s1. The summed E-state index contributed by atoms with van der Waals surface area (Å²) in [7, 11) is 0. The number of nitrogens with one attached hydrogen (secondary N) is 2. The number of alkyl carbamates (subject to hydrolysis) is 1. The molecule has 2 aromatic carbocycles. The third-order valence-electron chi connectivity index (χ3n) is 15.1. The molecule has 1 saturated heterocycles. The number of amides is 3. The molecule has 2 aliphatic heterocycles. The fraction of sp³-hybridized carbons (Fsp3) is 0.577. The van der Waals surface area contributed by atoms with Gasteiger partial charge in [-0.05, 0) is 58.4 Å². The first kappa shape index (κ1) is 53.0. The normalized spacial score (nSPS) is 31.7. The Morgan fingerprint density at radius 1 is 0.915 bits per heavy atom. The van der Waals surface area contributed by atoms with Crippen molar-refractivity contribution in [1.82, 2.24) is 15.5 Å². The predicted molar refractivity (Wildman–Crippen MR) is 250 cm³/mol. The van der Waals surface area contributed by atoms with E-state index in [-0.39, 0.29) is 38.3 Å². The molecule has 384 valence electrons. The first-order valence-corrected chi connectivity index (χ1v) is 24.0. The summed E-state index contributed by atoms with van der Waals surface area (Å²) in [6.45, 7) is 12.4. The topological polar surface area (TPSA) is 260 Å². The minimum Gasteiger partial charge on any atom is -0.460 e. The van der Waals surface area contributed by atoms with Gasteiger partial charge in [0.05, 0.1) is 42.3 Å². The Kier molecular flexibility index (Phi) is 15.2. The molecule has 0 aromatic heterocycles. The summed E-state index contributed by atoms with van der Waals surface area (Å²) >= 11 is 0. The number of nitrogens with zero attached hydrogens (tertiary/aromatic N) is 1. The SMILES string of the molecule is CC(=O)O[C@@]12CO[C@@H]1C[C@H](O)[C@@]1(C)C(=O)C(=O)C3C(C)[C@@H](OC(=O)[C@H](OCCNCCCN4C(=O)C=CC4=O)[C@@H](NC(=O)OC(C)(C)C)c4ccccc4)C[C@@](O)([C@@H](OC(=O)c4ccccc4)[C@H]21)C3(C)C. The van der Waals surface area contributed by atoms with Gasteiger partial charge in [0.25, 0.3) is 11.8 Å². The van der Waals surface area contributed by atoms with Crippen molar-refractivity contribution in [3.05, 3.63) is 83.9 Å². The zero-order valence-corrected chi connectivity index (χ0v) is 41.3. The zero-order chi connectivity index (χ0) is 51.8. The number of Topliss-reactive ketones (excluding diaryl/α,β-unsaturated/α-hetero) is 2. The molecular formula is C52H65N3O16. The molecule has 7 rings (SSSR count). The van der Waals surface area contributed by atoms with Crippen molar-refractivity contribution < 1.29 is 77.0 Å². The number of carbonyl (C=O) groups is 8. The molecule has 0 spiro atoms. The fourth-order valence-electron chi connectivity index (χ4n) is 11.4. The number of benzene rings is 2. The predicted octanol–water partition coefficient (Wildman–Crippen LogP) is 3.33. The van der Waals surface area contributed by atoms with Crippen LogP contribution in [0.25, 0.3) is 0 Å². The van der Waals surface area contributed by atoms with E-state index in [1.54, 1.807) is 90.1 Å². The number of fused-ring (bicyclic) bond motifs is 5. The second kappa shape index (κ2) is 20.3. The molecule has 5 aliphatic rings. The van der Waals surface area contributed by atoms with E-state index in [0.29, 0.717) is 18.5 Å². The van der Waals surface area contributed by atoms with Gasteiger partial charge >= 0.3 is 24.0 Å². The molecule has 12 atom stereocenters. The second-order valence-corrected chi connectivity index (χ2v) is 21.0. The van der Waals surface area contributed by atoms with Crippen molar-refractivity contribution in [2.45, 2.75) is 128 Å². The van der Waals surface area contributed by atoms with Gasteiger partial charge in [0.15, 0.2) is 11.7 Å². The average Bonchev–Trinajstić information content (AvgIpc) is 3.62. The van der Waals surface area contributed by atoms with Gasteiger partial charge in [0.2, 0.25) is 11.6 Å². The Labute approximate surface area is 412 Å². The van der Waals surface area contributed by atoms with Crippen molar-refractivity contribution in [2.24, 2.45) is 28.6 Å². The maximum atomic E-state index is 15.2. The van der Waals surface area contributed by atoms with Crippen molar-refractivity contribution in [2.75, 3.05) is 32.8 Å². The third kappa shape index (κ3) is 10.0. The zero-order valence-electron chi connectivity index (χ0n) is 41.3. The van der Waals surface area contributed by atoms with Crippen molar-refractivity contribution in [3.63, 3.8) is 0 Å². The quantitative estimate of drug-likeness (QED) is 0.0618. The molecule has 3 saturated carbocycles. The van der Waals surface area contributed by atoms with Gasteiger partial charge in [-0.3, -0.25) is 28.9 Å². The second-order valence-electron chi connectivity index (χ2n) is 21.0. The van der Waals surface area contributed by atoms with Crippen LogP contribution in [-0.2, 0) is 57.2 Å². The van der Waals surface area contributed by atoms with Gasteiger partial charge in [-0.15, -0.1) is 0 Å². The highest BCUT2D eigenvalue weighted by atomic mass is 16.6. The summed E-state index contributed by atoms with van der Waals surface area (Å²) in [5, 5.41) is 31.7. The third-order valence-corrected chi connectivity index (χ3v) is 15.1. The molecule has 3 aliphatic carbocycles. The number of imide groups is 1. The molecule has 71 heavy (non-hydrogen) atoms. The highest BCUT2D eigenvalue weighted by Gasteiger charge is 2.79. The van der Waals surface area contributed by atoms with Crippen molar-refractivity contribution in [3.8, 4) is 0 Å². The number of aliphatic hydroxyl groups is 2. The van der Waals surface area contributed by atoms with Crippen LogP contribution in [0.15, 0.2) is 72.8 Å². The van der Waals surface area contributed by atoms with Gasteiger partial charge in [-0.25, -0.2) is 14.4 Å². The average molecular weight is 988 g/mol. The Morgan fingerprint density at radius 3 is 2.14 bits per heavy atom. The smallest absolute Gasteiger partial charge is 0.408 e. The van der Waals surface area contributed by atoms with E-state index in [4.69, 9.17) is 28.4 Å². The van der Waals surface area contributed by atoms with Crippen LogP contribution in [0.1, 0.15) is 96.6 Å². The lowest BCUT2D eigenvalue weighted by atomic mass is 9.42. The lowest BCUT2D eigenvalue weighted by molar-refractivity contribution is -0.350. The highest BCUT2D eigenvalue weighted by molar-refractivity contribution is 6.40. The van der Waals surface area contributed by atoms with Gasteiger partial charge in [0, 0.05) is 62.3 Å². The van der Waals surface area contributed by atoms with Crippen LogP contribution in [-0.4, -0.2) is 143 Å². The minimum atomic E-state index is -2.39. The van der Waals surface area contributed by atoms with Crippen LogP contribution in [0, 0.1) is 28.6 Å². The van der Waals surface area contributed by atoms with Gasteiger partial charge < -0.3 is 49.3 Å². The Balaban J connectivity index is 1.27. The maximum Gasteiger partial charge on any atom is 0.408 e. The van der Waals surface area contributed by atoms with Crippen LogP contribution >= 0.6 is 0 Å². The van der Waals surface area contributed by atoms with Gasteiger partial charge in [0.1, 0.15) is 29.5 Å².